The van der Waals surface area contributed by atoms with Gasteiger partial charge >= 0.3 is 7.60 Å². The number of aliphatic hydroxyl groups excluding tert-OH is 1. The highest BCUT2D eigenvalue weighted by Crippen LogP contribution is 2.48. The zero-order chi connectivity index (χ0) is 13.9. The lowest BCUT2D eigenvalue weighted by Gasteiger charge is -2.20. The van der Waals surface area contributed by atoms with Crippen LogP contribution in [0.2, 0.25) is 0 Å². The van der Waals surface area contributed by atoms with Crippen molar-refractivity contribution in [2.24, 2.45) is 5.73 Å². The zero-order valence-corrected chi connectivity index (χ0v) is 11.7. The fourth-order valence-electron chi connectivity index (χ4n) is 1.53. The van der Waals surface area contributed by atoms with E-state index in [1.807, 2.05) is 32.9 Å². The van der Waals surface area contributed by atoms with Crippen LogP contribution in [0.15, 0.2) is 18.2 Å². The molecule has 1 aromatic rings. The number of aliphatic hydroxyl groups is 1. The van der Waals surface area contributed by atoms with E-state index in [1.54, 1.807) is 6.07 Å². The summed E-state index contributed by atoms with van der Waals surface area (Å²) in [6, 6.07) is 5.44. The summed E-state index contributed by atoms with van der Waals surface area (Å²) >= 11 is 0. The molecule has 0 bridgehead atoms. The highest BCUT2D eigenvalue weighted by atomic mass is 31.2. The molecule has 0 radical (unpaired) electrons. The lowest BCUT2D eigenvalue weighted by atomic mass is 10.0. The predicted molar refractivity (Wildman–Crippen MR) is 70.8 cm³/mol. The van der Waals surface area contributed by atoms with Crippen molar-refractivity contribution in [3.8, 4) is 5.75 Å². The third-order valence-corrected chi connectivity index (χ3v) is 4.03. The van der Waals surface area contributed by atoms with Crippen LogP contribution in [0.1, 0.15) is 30.9 Å². The van der Waals surface area contributed by atoms with Crippen LogP contribution >= 0.6 is 7.60 Å². The summed E-state index contributed by atoms with van der Waals surface area (Å²) in [5.74, 6) is -1.10. The molecular formula is C12H20NO4P. The average Bonchev–Trinajstić information content (AvgIpc) is 2.26. The van der Waals surface area contributed by atoms with E-state index in [0.717, 1.165) is 11.1 Å². The molecule has 0 aromatic heterocycles. The van der Waals surface area contributed by atoms with Crippen LogP contribution in [0.4, 0.5) is 0 Å². The van der Waals surface area contributed by atoms with Crippen molar-refractivity contribution in [2.75, 3.05) is 6.54 Å². The summed E-state index contributed by atoms with van der Waals surface area (Å²) in [7, 11) is -4.16. The van der Waals surface area contributed by atoms with Gasteiger partial charge in [-0.15, -0.1) is 0 Å². The minimum Gasteiger partial charge on any atom is -0.422 e. The summed E-state index contributed by atoms with van der Waals surface area (Å²) in [6.45, 7) is 5.45. The van der Waals surface area contributed by atoms with E-state index < -0.39 is 13.4 Å². The number of aryl methyl sites for hydroxylation is 1. The Hall–Kier alpha value is -0.870. The topological polar surface area (TPSA) is 92.8 Å². The van der Waals surface area contributed by atoms with E-state index in [4.69, 9.17) is 10.3 Å². The molecule has 4 N–H and O–H groups in total. The third-order valence-electron chi connectivity index (χ3n) is 2.61. The van der Waals surface area contributed by atoms with Crippen LogP contribution in [-0.2, 0) is 4.57 Å². The van der Waals surface area contributed by atoms with E-state index in [0.29, 0.717) is 5.75 Å². The quantitative estimate of drug-likeness (QED) is 0.713. The van der Waals surface area contributed by atoms with E-state index in [2.05, 4.69) is 0 Å². The molecule has 2 unspecified atom stereocenters. The maximum Gasteiger partial charge on any atom is 0.406 e. The van der Waals surface area contributed by atoms with Gasteiger partial charge in [0, 0.05) is 6.54 Å². The van der Waals surface area contributed by atoms with Crippen LogP contribution in [0.3, 0.4) is 0 Å². The number of benzene rings is 1. The first-order chi connectivity index (χ1) is 8.27. The van der Waals surface area contributed by atoms with Crippen molar-refractivity contribution in [2.45, 2.75) is 32.5 Å². The molecule has 0 fully saturated rings. The SMILES string of the molecule is Cc1ccc(C(C)C)c(OP(=O)(O)C(O)CN)c1. The Morgan fingerprint density at radius 2 is 2.06 bits per heavy atom. The molecule has 6 heteroatoms. The molecule has 5 nitrogen and oxygen atoms in total. The second-order valence-corrected chi connectivity index (χ2v) is 6.47. The Labute approximate surface area is 107 Å². The smallest absolute Gasteiger partial charge is 0.406 e. The molecule has 18 heavy (non-hydrogen) atoms. The van der Waals surface area contributed by atoms with E-state index in [-0.39, 0.29) is 12.5 Å². The van der Waals surface area contributed by atoms with Gasteiger partial charge in [0.25, 0.3) is 0 Å². The monoisotopic (exact) mass is 273 g/mol. The third kappa shape index (κ3) is 3.56. The summed E-state index contributed by atoms with van der Waals surface area (Å²) in [6.07, 6.45) is 0. The fraction of sp³-hybridized carbons (Fsp3) is 0.500. The minimum absolute atomic E-state index is 0.149. The zero-order valence-electron chi connectivity index (χ0n) is 10.8. The molecule has 0 aliphatic carbocycles. The highest BCUT2D eigenvalue weighted by Gasteiger charge is 2.32. The molecule has 0 aliphatic rings. The van der Waals surface area contributed by atoms with Crippen LogP contribution in [0.5, 0.6) is 5.75 Å². The first-order valence-electron chi connectivity index (χ1n) is 5.78. The van der Waals surface area contributed by atoms with Crippen molar-refractivity contribution in [3.05, 3.63) is 29.3 Å². The largest absolute Gasteiger partial charge is 0.422 e. The van der Waals surface area contributed by atoms with Gasteiger partial charge in [0.1, 0.15) is 5.75 Å². The Kier molecular flexibility index (Phi) is 4.93. The van der Waals surface area contributed by atoms with Gasteiger partial charge in [0.05, 0.1) is 0 Å². The maximum atomic E-state index is 11.8. The summed E-state index contributed by atoms with van der Waals surface area (Å²) in [4.78, 5) is 9.64. The van der Waals surface area contributed by atoms with E-state index in [1.165, 1.54) is 0 Å². The molecule has 0 aliphatic heterocycles. The van der Waals surface area contributed by atoms with Crippen molar-refractivity contribution in [1.82, 2.24) is 0 Å². The first kappa shape index (κ1) is 15.2. The lowest BCUT2D eigenvalue weighted by molar-refractivity contribution is 0.211. The average molecular weight is 273 g/mol. The summed E-state index contributed by atoms with van der Waals surface area (Å²) < 4.78 is 16.9. The van der Waals surface area contributed by atoms with Gasteiger partial charge in [-0.25, -0.2) is 4.57 Å². The minimum atomic E-state index is -4.16. The molecule has 0 saturated heterocycles. The number of hydrogen-bond donors (Lipinski definition) is 3. The first-order valence-corrected chi connectivity index (χ1v) is 7.43. The lowest BCUT2D eigenvalue weighted by Crippen LogP contribution is -2.22. The Balaban J connectivity index is 3.10. The fourth-order valence-corrected chi connectivity index (χ4v) is 2.36. The van der Waals surface area contributed by atoms with Crippen LogP contribution < -0.4 is 10.3 Å². The normalized spacial score (nSPS) is 16.4. The van der Waals surface area contributed by atoms with Crippen molar-refractivity contribution in [3.63, 3.8) is 0 Å². The van der Waals surface area contributed by atoms with Gasteiger partial charge < -0.3 is 20.3 Å². The highest BCUT2D eigenvalue weighted by molar-refractivity contribution is 7.53. The number of rotatable bonds is 5. The maximum absolute atomic E-state index is 11.8. The summed E-state index contributed by atoms with van der Waals surface area (Å²) in [5.41, 5.74) is 6.91. The molecular weight excluding hydrogens is 253 g/mol. The Morgan fingerprint density at radius 1 is 1.44 bits per heavy atom. The molecule has 1 aromatic carbocycles. The van der Waals surface area contributed by atoms with Crippen LogP contribution in [0, 0.1) is 6.92 Å². The molecule has 0 heterocycles. The molecule has 102 valence electrons. The van der Waals surface area contributed by atoms with E-state index >= 15 is 0 Å². The predicted octanol–water partition coefficient (Wildman–Crippen LogP) is 1.96. The number of hydrogen-bond acceptors (Lipinski definition) is 4. The van der Waals surface area contributed by atoms with Gasteiger partial charge in [-0.05, 0) is 30.0 Å². The van der Waals surface area contributed by atoms with Crippen molar-refractivity contribution >= 4 is 7.60 Å². The molecule has 0 spiro atoms. The Bertz CT molecular complexity index is 461. The Morgan fingerprint density at radius 3 is 2.56 bits per heavy atom. The van der Waals surface area contributed by atoms with Crippen molar-refractivity contribution < 1.29 is 19.1 Å². The van der Waals surface area contributed by atoms with Gasteiger partial charge in [0.2, 0.25) is 0 Å². The molecule has 2 atom stereocenters. The molecule has 0 amide bonds. The second-order valence-electron chi connectivity index (χ2n) is 4.57. The standard InChI is InChI=1S/C12H20NO4P/c1-8(2)10-5-4-9(3)6-11(10)17-18(15,16)12(14)7-13/h4-6,8,12,14H,7,13H2,1-3H3,(H,15,16). The van der Waals surface area contributed by atoms with Gasteiger partial charge in [-0.1, -0.05) is 26.0 Å². The summed E-state index contributed by atoms with van der Waals surface area (Å²) in [5, 5.41) is 9.38. The van der Waals surface area contributed by atoms with E-state index in [9.17, 15) is 14.6 Å². The molecule has 0 saturated carbocycles. The number of nitrogens with two attached hydrogens (primary N) is 1. The van der Waals surface area contributed by atoms with Crippen molar-refractivity contribution in [1.29, 1.82) is 0 Å². The van der Waals surface area contributed by atoms with Gasteiger partial charge in [0.15, 0.2) is 5.85 Å². The van der Waals surface area contributed by atoms with Gasteiger partial charge in [-0.3, -0.25) is 0 Å². The van der Waals surface area contributed by atoms with Crippen LogP contribution in [-0.4, -0.2) is 22.4 Å². The second kappa shape index (κ2) is 5.85. The molecule has 1 rings (SSSR count). The van der Waals surface area contributed by atoms with Gasteiger partial charge in [-0.2, -0.15) is 0 Å². The van der Waals surface area contributed by atoms with Crippen LogP contribution in [0.25, 0.3) is 0 Å².